The number of allylic oxidation sites excluding steroid dienone is 1. The maximum absolute atomic E-state index is 13.3. The molecule has 3 aromatic carbocycles. The van der Waals surface area contributed by atoms with Crippen LogP contribution in [0.1, 0.15) is 40.7 Å². The van der Waals surface area contributed by atoms with Gasteiger partial charge in [-0.3, -0.25) is 9.59 Å². The van der Waals surface area contributed by atoms with E-state index < -0.39 is 0 Å². The molecule has 2 amide bonds. The first kappa shape index (κ1) is 21.4. The molecule has 0 unspecified atom stereocenters. The zero-order valence-electron chi connectivity index (χ0n) is 18.8. The van der Waals surface area contributed by atoms with E-state index in [1.54, 1.807) is 24.3 Å². The Bertz CT molecular complexity index is 1390. The molecule has 0 saturated carbocycles. The Hall–Kier alpha value is -4.45. The summed E-state index contributed by atoms with van der Waals surface area (Å²) in [4.78, 5) is 24.7. The van der Waals surface area contributed by atoms with Gasteiger partial charge in [-0.25, -0.2) is 4.68 Å². The second-order valence-corrected chi connectivity index (χ2v) is 8.22. The molecule has 5 rings (SSSR count). The largest absolute Gasteiger partial charge is 0.326 e. The van der Waals surface area contributed by atoms with Gasteiger partial charge in [-0.15, -0.1) is 0 Å². The molecule has 2 N–H and O–H groups in total. The second-order valence-electron chi connectivity index (χ2n) is 8.22. The van der Waals surface area contributed by atoms with Gasteiger partial charge in [-0.1, -0.05) is 54.6 Å². The molecule has 6 nitrogen and oxygen atoms in total. The number of hydrogen-bond donors (Lipinski definition) is 2. The fraction of sp³-hybridized carbons (Fsp3) is 0.107. The van der Waals surface area contributed by atoms with Crippen molar-refractivity contribution in [2.45, 2.75) is 19.8 Å². The normalized spacial score (nSPS) is 13.5. The Morgan fingerprint density at radius 2 is 1.53 bits per heavy atom. The molecule has 0 radical (unpaired) electrons. The number of carbonyl (C=O) groups excluding carboxylic acids is 2. The summed E-state index contributed by atoms with van der Waals surface area (Å²) < 4.78 is 1.87. The Balaban J connectivity index is 1.53. The van der Waals surface area contributed by atoms with Crippen LogP contribution in [0.25, 0.3) is 17.3 Å². The van der Waals surface area contributed by atoms with Gasteiger partial charge in [-0.2, -0.15) is 5.10 Å². The van der Waals surface area contributed by atoms with Crippen LogP contribution in [0, 0.1) is 0 Å². The van der Waals surface area contributed by atoms with Gasteiger partial charge in [0.25, 0.3) is 5.91 Å². The van der Waals surface area contributed by atoms with Crippen molar-refractivity contribution >= 4 is 34.8 Å². The van der Waals surface area contributed by atoms with Gasteiger partial charge in [0.2, 0.25) is 5.91 Å². The lowest BCUT2D eigenvalue weighted by Gasteiger charge is -2.08. The molecule has 0 saturated heterocycles. The number of nitrogens with zero attached hydrogens (tertiary/aromatic N) is 2. The third kappa shape index (κ3) is 4.38. The van der Waals surface area contributed by atoms with Crippen LogP contribution in [0.15, 0.2) is 84.9 Å². The summed E-state index contributed by atoms with van der Waals surface area (Å²) in [7, 11) is 0. The number of hydrogen-bond acceptors (Lipinski definition) is 3. The summed E-state index contributed by atoms with van der Waals surface area (Å²) in [5.41, 5.74) is 6.74. The van der Waals surface area contributed by atoms with Crippen LogP contribution in [-0.4, -0.2) is 21.6 Å². The molecule has 1 heterocycles. The highest BCUT2D eigenvalue weighted by Gasteiger charge is 2.30. The molecular formula is C28H24N4O2. The number of benzene rings is 3. The Morgan fingerprint density at radius 3 is 2.24 bits per heavy atom. The van der Waals surface area contributed by atoms with E-state index >= 15 is 0 Å². The third-order valence-corrected chi connectivity index (χ3v) is 5.73. The minimum atomic E-state index is -0.271. The molecule has 4 aromatic rings. The van der Waals surface area contributed by atoms with E-state index in [2.05, 4.69) is 28.8 Å². The number of rotatable bonds is 5. The fourth-order valence-corrected chi connectivity index (χ4v) is 4.29. The predicted octanol–water partition coefficient (Wildman–Crippen LogP) is 5.57. The zero-order chi connectivity index (χ0) is 23.5. The Labute approximate surface area is 197 Å². The van der Waals surface area contributed by atoms with Crippen molar-refractivity contribution in [3.05, 3.63) is 107 Å². The van der Waals surface area contributed by atoms with Crippen molar-refractivity contribution in [1.29, 1.82) is 0 Å². The first-order valence-corrected chi connectivity index (χ1v) is 11.2. The van der Waals surface area contributed by atoms with E-state index in [4.69, 9.17) is 5.10 Å². The van der Waals surface area contributed by atoms with E-state index in [0.717, 1.165) is 40.9 Å². The molecule has 168 valence electrons. The molecule has 0 bridgehead atoms. The molecule has 34 heavy (non-hydrogen) atoms. The summed E-state index contributed by atoms with van der Waals surface area (Å²) in [5, 5.41) is 10.4. The molecule has 0 spiro atoms. The van der Waals surface area contributed by atoms with Gasteiger partial charge < -0.3 is 10.6 Å². The van der Waals surface area contributed by atoms with Crippen molar-refractivity contribution in [2.24, 2.45) is 0 Å². The van der Waals surface area contributed by atoms with E-state index in [-0.39, 0.29) is 11.8 Å². The highest BCUT2D eigenvalue weighted by atomic mass is 16.2. The highest BCUT2D eigenvalue weighted by molar-refractivity contribution is 6.06. The molecule has 1 aliphatic carbocycles. The lowest BCUT2D eigenvalue weighted by atomic mass is 10.1. The average molecular weight is 449 g/mol. The van der Waals surface area contributed by atoms with Crippen LogP contribution in [0.4, 0.5) is 11.4 Å². The minimum absolute atomic E-state index is 0.166. The molecule has 6 heteroatoms. The van der Waals surface area contributed by atoms with Crippen LogP contribution < -0.4 is 10.6 Å². The number of carbonyl (C=O) groups is 2. The van der Waals surface area contributed by atoms with Crippen LogP contribution in [0.3, 0.4) is 0 Å². The van der Waals surface area contributed by atoms with Crippen LogP contribution in [-0.2, 0) is 11.2 Å². The Kier molecular flexibility index (Phi) is 5.79. The van der Waals surface area contributed by atoms with Gasteiger partial charge in [0, 0.05) is 23.9 Å². The van der Waals surface area contributed by atoms with Gasteiger partial charge in [-0.05, 0) is 60.4 Å². The van der Waals surface area contributed by atoms with E-state index in [1.165, 1.54) is 6.92 Å². The van der Waals surface area contributed by atoms with Crippen molar-refractivity contribution in [3.63, 3.8) is 0 Å². The molecule has 1 aliphatic rings. The smallest absolute Gasteiger partial charge is 0.276 e. The topological polar surface area (TPSA) is 76.0 Å². The number of anilines is 2. The summed E-state index contributed by atoms with van der Waals surface area (Å²) in [6.07, 6.45) is 3.76. The summed E-state index contributed by atoms with van der Waals surface area (Å²) in [6, 6.07) is 27.1. The standard InChI is InChI=1S/C28H24N4O2/c1-19(33)29-22-11-8-12-23(18-22)30-28(34)26-25-16-15-21(17-20-9-4-2-5-10-20)27(25)32(31-26)24-13-6-3-7-14-24/h2-14,17-18H,15-16H2,1H3,(H,29,33)(H,30,34)/b21-17+. The average Bonchev–Trinajstić information content (AvgIpc) is 3.41. The maximum atomic E-state index is 13.3. The number of aromatic nitrogens is 2. The number of fused-ring (bicyclic) bond motifs is 1. The second kappa shape index (κ2) is 9.19. The van der Waals surface area contributed by atoms with Gasteiger partial charge in [0.1, 0.15) is 0 Å². The van der Waals surface area contributed by atoms with Crippen LogP contribution >= 0.6 is 0 Å². The van der Waals surface area contributed by atoms with Crippen molar-refractivity contribution < 1.29 is 9.59 Å². The van der Waals surface area contributed by atoms with Gasteiger partial charge in [0.15, 0.2) is 5.69 Å². The van der Waals surface area contributed by atoms with Crippen molar-refractivity contribution in [3.8, 4) is 5.69 Å². The SMILES string of the molecule is CC(=O)Nc1cccc(NC(=O)c2nn(-c3ccccc3)c3c2CC/C3=C\c2ccccc2)c1. The Morgan fingerprint density at radius 1 is 0.853 bits per heavy atom. The third-order valence-electron chi connectivity index (χ3n) is 5.73. The first-order chi connectivity index (χ1) is 16.6. The van der Waals surface area contributed by atoms with Gasteiger partial charge in [0.05, 0.1) is 11.4 Å². The quantitative estimate of drug-likeness (QED) is 0.419. The number of para-hydroxylation sites is 1. The van der Waals surface area contributed by atoms with Crippen molar-refractivity contribution in [1.82, 2.24) is 9.78 Å². The zero-order valence-corrected chi connectivity index (χ0v) is 18.8. The summed E-state index contributed by atoms with van der Waals surface area (Å²) in [6.45, 7) is 1.45. The molecule has 1 aromatic heterocycles. The van der Waals surface area contributed by atoms with E-state index in [1.807, 2.05) is 53.2 Å². The van der Waals surface area contributed by atoms with Crippen LogP contribution in [0.2, 0.25) is 0 Å². The van der Waals surface area contributed by atoms with Crippen molar-refractivity contribution in [2.75, 3.05) is 10.6 Å². The lowest BCUT2D eigenvalue weighted by Crippen LogP contribution is -2.15. The molecule has 0 aliphatic heterocycles. The summed E-state index contributed by atoms with van der Waals surface area (Å²) >= 11 is 0. The summed E-state index contributed by atoms with van der Waals surface area (Å²) in [5.74, 6) is -0.437. The number of amides is 2. The van der Waals surface area contributed by atoms with Gasteiger partial charge >= 0.3 is 0 Å². The molecular weight excluding hydrogens is 424 g/mol. The number of nitrogens with one attached hydrogen (secondary N) is 2. The molecule has 0 fully saturated rings. The van der Waals surface area contributed by atoms with Crippen LogP contribution in [0.5, 0.6) is 0 Å². The fourth-order valence-electron chi connectivity index (χ4n) is 4.29. The maximum Gasteiger partial charge on any atom is 0.276 e. The monoisotopic (exact) mass is 448 g/mol. The first-order valence-electron chi connectivity index (χ1n) is 11.2. The minimum Gasteiger partial charge on any atom is -0.326 e. The lowest BCUT2D eigenvalue weighted by molar-refractivity contribution is -0.114. The molecule has 0 atom stereocenters. The van der Waals surface area contributed by atoms with E-state index in [9.17, 15) is 9.59 Å². The predicted molar refractivity (Wildman–Crippen MR) is 135 cm³/mol. The highest BCUT2D eigenvalue weighted by Crippen LogP contribution is 2.37. The van der Waals surface area contributed by atoms with E-state index in [0.29, 0.717) is 17.1 Å².